The van der Waals surface area contributed by atoms with E-state index in [1.165, 1.54) is 12.7 Å². The fourth-order valence-electron chi connectivity index (χ4n) is 12.2. The van der Waals surface area contributed by atoms with Crippen molar-refractivity contribution in [2.75, 3.05) is 12.9 Å². The lowest BCUT2D eigenvalue weighted by atomic mass is 9.35. The van der Waals surface area contributed by atoms with Crippen LogP contribution in [0.4, 0.5) is 0 Å². The topological polar surface area (TPSA) is 82.1 Å². The zero-order chi connectivity index (χ0) is 27.7. The van der Waals surface area contributed by atoms with Gasteiger partial charge < -0.3 is 14.6 Å². The van der Waals surface area contributed by atoms with E-state index in [0.717, 1.165) is 51.6 Å². The molecular formula is C31H52O6S. The molecule has 2 bridgehead atoms. The summed E-state index contributed by atoms with van der Waals surface area (Å²) in [6, 6.07) is 0. The smallest absolute Gasteiger partial charge is 0.264 e. The molecule has 7 heteroatoms. The zero-order valence-electron chi connectivity index (χ0n) is 25.0. The summed E-state index contributed by atoms with van der Waals surface area (Å²) in [4.78, 5) is 0. The molecule has 6 aliphatic rings. The highest BCUT2D eigenvalue weighted by atomic mass is 32.2. The summed E-state index contributed by atoms with van der Waals surface area (Å²) in [7, 11) is -3.50. The minimum atomic E-state index is -3.50. The highest BCUT2D eigenvalue weighted by Gasteiger charge is 2.80. The Hall–Kier alpha value is -0.210. The van der Waals surface area contributed by atoms with Gasteiger partial charge in [0, 0.05) is 24.2 Å². The molecule has 38 heavy (non-hydrogen) atoms. The van der Waals surface area contributed by atoms with Gasteiger partial charge >= 0.3 is 0 Å². The van der Waals surface area contributed by atoms with Crippen LogP contribution >= 0.6 is 0 Å². The van der Waals surface area contributed by atoms with Crippen molar-refractivity contribution in [1.82, 2.24) is 0 Å². The summed E-state index contributed by atoms with van der Waals surface area (Å²) >= 11 is 0. The SMILES string of the molecule is CC(C)C[C@@H]1C[C@](C)(O)[C@@H]2[C@H]3CC[C@@H]4[C@@]5(C)CC[C@H](OS(C)(=O)=O)C(C)(C)[C@@H]5CC[C@@]4(C)[C@@]34CO[C@@]2(C4)O1. The van der Waals surface area contributed by atoms with Crippen molar-refractivity contribution in [2.45, 2.75) is 130 Å². The molecule has 0 aromatic carbocycles. The Morgan fingerprint density at radius 3 is 2.37 bits per heavy atom. The molecule has 4 aliphatic carbocycles. The van der Waals surface area contributed by atoms with Gasteiger partial charge in [-0.15, -0.1) is 0 Å². The summed E-state index contributed by atoms with van der Waals surface area (Å²) in [6.45, 7) is 16.8. The van der Waals surface area contributed by atoms with Crippen molar-refractivity contribution >= 4 is 10.1 Å². The normalized spacial score (nSPS) is 55.2. The second kappa shape index (κ2) is 8.20. The largest absolute Gasteiger partial charge is 0.390 e. The maximum Gasteiger partial charge on any atom is 0.264 e. The van der Waals surface area contributed by atoms with Crippen LogP contribution in [0.3, 0.4) is 0 Å². The van der Waals surface area contributed by atoms with Crippen LogP contribution < -0.4 is 0 Å². The Kier molecular flexibility index (Phi) is 6.03. The predicted molar refractivity (Wildman–Crippen MR) is 147 cm³/mol. The minimum absolute atomic E-state index is 0.0233. The molecule has 6 fully saturated rings. The van der Waals surface area contributed by atoms with E-state index in [2.05, 4.69) is 48.5 Å². The maximum atomic E-state index is 12.1. The van der Waals surface area contributed by atoms with E-state index in [0.29, 0.717) is 30.1 Å². The van der Waals surface area contributed by atoms with E-state index in [1.54, 1.807) is 0 Å². The van der Waals surface area contributed by atoms with Crippen molar-refractivity contribution in [2.24, 2.45) is 51.2 Å². The van der Waals surface area contributed by atoms with Crippen molar-refractivity contribution < 1.29 is 27.2 Å². The Labute approximate surface area is 231 Å². The summed E-state index contributed by atoms with van der Waals surface area (Å²) in [5.41, 5.74) is -0.733. The molecule has 0 amide bonds. The predicted octanol–water partition coefficient (Wildman–Crippen LogP) is 5.92. The average molecular weight is 553 g/mol. The molecular weight excluding hydrogens is 500 g/mol. The Morgan fingerprint density at radius 1 is 1.00 bits per heavy atom. The fourth-order valence-corrected chi connectivity index (χ4v) is 13.0. The van der Waals surface area contributed by atoms with Crippen LogP contribution in [0.5, 0.6) is 0 Å². The van der Waals surface area contributed by atoms with Crippen LogP contribution in [0, 0.1) is 51.2 Å². The van der Waals surface area contributed by atoms with Crippen molar-refractivity contribution in [3.63, 3.8) is 0 Å². The first-order valence-electron chi connectivity index (χ1n) is 15.3. The molecule has 11 atom stereocenters. The third-order valence-electron chi connectivity index (χ3n) is 13.3. The lowest BCUT2D eigenvalue weighted by Gasteiger charge is -2.70. The zero-order valence-corrected chi connectivity index (χ0v) is 25.8. The van der Waals surface area contributed by atoms with Crippen LogP contribution in [-0.2, 0) is 23.8 Å². The number of hydrogen-bond acceptors (Lipinski definition) is 6. The fraction of sp³-hybridized carbons (Fsp3) is 1.00. The van der Waals surface area contributed by atoms with Crippen LogP contribution in [0.1, 0.15) is 106 Å². The lowest BCUT2D eigenvalue weighted by molar-refractivity contribution is -0.347. The number of hydrogen-bond donors (Lipinski definition) is 1. The van der Waals surface area contributed by atoms with E-state index < -0.39 is 21.5 Å². The monoisotopic (exact) mass is 552 g/mol. The van der Waals surface area contributed by atoms with Crippen molar-refractivity contribution in [3.8, 4) is 0 Å². The second-order valence-corrected chi connectivity index (χ2v) is 17.8. The van der Waals surface area contributed by atoms with Crippen molar-refractivity contribution in [3.05, 3.63) is 0 Å². The number of aliphatic hydroxyl groups is 1. The van der Waals surface area contributed by atoms with Crippen LogP contribution in [0.25, 0.3) is 0 Å². The van der Waals surface area contributed by atoms with Gasteiger partial charge in [0.2, 0.25) is 0 Å². The summed E-state index contributed by atoms with van der Waals surface area (Å²) in [5, 5.41) is 12.0. The van der Waals surface area contributed by atoms with Gasteiger partial charge in [0.15, 0.2) is 5.79 Å². The molecule has 0 radical (unpaired) electrons. The molecule has 2 aliphatic heterocycles. The van der Waals surface area contributed by atoms with Gasteiger partial charge in [-0.2, -0.15) is 8.42 Å². The molecule has 2 spiro atoms. The quantitative estimate of drug-likeness (QED) is 0.436. The molecule has 4 saturated carbocycles. The number of fused-ring (bicyclic) bond motifs is 4. The maximum absolute atomic E-state index is 12.1. The van der Waals surface area contributed by atoms with E-state index in [9.17, 15) is 13.5 Å². The first kappa shape index (κ1) is 27.9. The van der Waals surface area contributed by atoms with Crippen LogP contribution in [0.15, 0.2) is 0 Å². The minimum Gasteiger partial charge on any atom is -0.390 e. The molecule has 0 aromatic rings. The Balaban J connectivity index is 1.35. The standard InChI is InChI=1S/C31H52O6S/c1-19(2)15-20-16-29(7,32)25-21-9-10-23-27(5)13-12-24(37-38(8,33)34)26(3,4)22(27)11-14-28(23,6)30(21)17-31(25,36-20)35-18-30/h19-25,32H,9-18H2,1-8H3/t20-,21-,22+,23-,24+,25+,27+,28-,29+,30+,31+/m1/s1. The second-order valence-electron chi connectivity index (χ2n) is 16.2. The highest BCUT2D eigenvalue weighted by Crippen LogP contribution is 2.80. The molecule has 0 aromatic heterocycles. The lowest BCUT2D eigenvalue weighted by Crippen LogP contribution is -2.67. The molecule has 1 N–H and O–H groups in total. The van der Waals surface area contributed by atoms with Gasteiger partial charge in [0.05, 0.1) is 30.7 Å². The Bertz CT molecular complexity index is 1080. The van der Waals surface area contributed by atoms with E-state index in [1.807, 2.05) is 0 Å². The third kappa shape index (κ3) is 3.59. The van der Waals surface area contributed by atoms with E-state index >= 15 is 0 Å². The molecule has 6 nitrogen and oxygen atoms in total. The van der Waals surface area contributed by atoms with Gasteiger partial charge in [0.1, 0.15) is 0 Å². The van der Waals surface area contributed by atoms with Gasteiger partial charge in [-0.05, 0) is 91.8 Å². The molecule has 6 rings (SSSR count). The molecule has 2 saturated heterocycles. The number of rotatable bonds is 4. The molecule has 0 unspecified atom stereocenters. The number of ether oxygens (including phenoxy) is 2. The van der Waals surface area contributed by atoms with Gasteiger partial charge in [0.25, 0.3) is 10.1 Å². The Morgan fingerprint density at radius 2 is 1.71 bits per heavy atom. The van der Waals surface area contributed by atoms with Gasteiger partial charge in [-0.1, -0.05) is 41.5 Å². The van der Waals surface area contributed by atoms with Crippen LogP contribution in [-0.4, -0.2) is 50.0 Å². The van der Waals surface area contributed by atoms with E-state index in [4.69, 9.17) is 13.7 Å². The van der Waals surface area contributed by atoms with Crippen LogP contribution in [0.2, 0.25) is 0 Å². The summed E-state index contributed by atoms with van der Waals surface area (Å²) in [6.07, 6.45) is 9.81. The first-order chi connectivity index (χ1) is 17.4. The highest BCUT2D eigenvalue weighted by molar-refractivity contribution is 7.86. The molecule has 218 valence electrons. The average Bonchev–Trinajstić information content (AvgIpc) is 3.26. The third-order valence-corrected chi connectivity index (χ3v) is 13.9. The molecule has 2 heterocycles. The first-order valence-corrected chi connectivity index (χ1v) is 17.1. The van der Waals surface area contributed by atoms with E-state index in [-0.39, 0.29) is 39.8 Å². The van der Waals surface area contributed by atoms with Gasteiger partial charge in [-0.25, -0.2) is 0 Å². The summed E-state index contributed by atoms with van der Waals surface area (Å²) in [5.74, 6) is 1.28. The van der Waals surface area contributed by atoms with Gasteiger partial charge in [-0.3, -0.25) is 4.18 Å². The van der Waals surface area contributed by atoms with Crippen molar-refractivity contribution in [1.29, 1.82) is 0 Å². The summed E-state index contributed by atoms with van der Waals surface area (Å²) < 4.78 is 43.6.